The van der Waals surface area contributed by atoms with Gasteiger partial charge in [-0.25, -0.2) is 0 Å². The van der Waals surface area contributed by atoms with Gasteiger partial charge in [0.15, 0.2) is 0 Å². The molecule has 0 fully saturated rings. The van der Waals surface area contributed by atoms with E-state index in [0.29, 0.717) is 27.7 Å². The number of halogens is 1. The van der Waals surface area contributed by atoms with Gasteiger partial charge in [0.1, 0.15) is 5.75 Å². The summed E-state index contributed by atoms with van der Waals surface area (Å²) < 4.78 is 5.10. The molecule has 1 amide bonds. The van der Waals surface area contributed by atoms with Crippen LogP contribution >= 0.6 is 11.6 Å². The molecule has 104 valence electrons. The van der Waals surface area contributed by atoms with Gasteiger partial charge in [-0.3, -0.25) is 4.79 Å². The summed E-state index contributed by atoms with van der Waals surface area (Å²) in [6.45, 7) is 1.85. The second-order valence-corrected chi connectivity index (χ2v) is 4.77. The molecule has 0 spiro atoms. The van der Waals surface area contributed by atoms with E-state index >= 15 is 0 Å². The Morgan fingerprint density at radius 1 is 1.30 bits per heavy atom. The number of nitrogen functional groups attached to an aromatic ring is 1. The van der Waals surface area contributed by atoms with Crippen LogP contribution in [0.15, 0.2) is 36.4 Å². The van der Waals surface area contributed by atoms with E-state index in [1.54, 1.807) is 36.4 Å². The van der Waals surface area contributed by atoms with E-state index in [1.165, 1.54) is 7.11 Å². The normalized spacial score (nSPS) is 10.2. The molecule has 0 unspecified atom stereocenters. The molecule has 0 bridgehead atoms. The summed E-state index contributed by atoms with van der Waals surface area (Å²) in [5.74, 6) is 0.277. The zero-order chi connectivity index (χ0) is 14.7. The number of rotatable bonds is 3. The number of amides is 1. The Hall–Kier alpha value is -2.20. The SMILES string of the molecule is COc1cc(N)cc(C(=O)Nc2cccc(Cl)c2C)c1. The van der Waals surface area contributed by atoms with Crippen molar-refractivity contribution in [2.24, 2.45) is 0 Å². The molecule has 0 aliphatic heterocycles. The molecule has 5 heteroatoms. The summed E-state index contributed by atoms with van der Waals surface area (Å²) in [5, 5.41) is 3.42. The van der Waals surface area contributed by atoms with Crippen molar-refractivity contribution in [3.05, 3.63) is 52.5 Å². The molecular formula is C15H15ClN2O2. The van der Waals surface area contributed by atoms with Crippen LogP contribution < -0.4 is 15.8 Å². The summed E-state index contributed by atoms with van der Waals surface area (Å²) in [4.78, 5) is 12.2. The highest BCUT2D eigenvalue weighted by atomic mass is 35.5. The lowest BCUT2D eigenvalue weighted by molar-refractivity contribution is 0.102. The van der Waals surface area contributed by atoms with Gasteiger partial charge in [0.25, 0.3) is 5.91 Å². The van der Waals surface area contributed by atoms with Crippen LogP contribution in [0.5, 0.6) is 5.75 Å². The first kappa shape index (κ1) is 14.2. The summed E-state index contributed by atoms with van der Waals surface area (Å²) in [5.41, 5.74) is 8.13. The van der Waals surface area contributed by atoms with Crippen LogP contribution in [0.1, 0.15) is 15.9 Å². The molecule has 20 heavy (non-hydrogen) atoms. The number of carbonyl (C=O) groups excluding carboxylic acids is 1. The van der Waals surface area contributed by atoms with Crippen LogP contribution in [0.4, 0.5) is 11.4 Å². The topological polar surface area (TPSA) is 64.3 Å². The number of nitrogens with one attached hydrogen (secondary N) is 1. The average molecular weight is 291 g/mol. The fraction of sp³-hybridized carbons (Fsp3) is 0.133. The van der Waals surface area contributed by atoms with Gasteiger partial charge in [-0.2, -0.15) is 0 Å². The van der Waals surface area contributed by atoms with E-state index in [1.807, 2.05) is 6.92 Å². The average Bonchev–Trinajstić information content (AvgIpc) is 2.43. The Morgan fingerprint density at radius 2 is 2.05 bits per heavy atom. The Balaban J connectivity index is 2.28. The van der Waals surface area contributed by atoms with Crippen LogP contribution in [0.25, 0.3) is 0 Å². The standard InChI is InChI=1S/C15H15ClN2O2/c1-9-13(16)4-3-5-14(9)18-15(19)10-6-11(17)8-12(7-10)20-2/h3-8H,17H2,1-2H3,(H,18,19). The number of hydrogen-bond acceptors (Lipinski definition) is 3. The minimum absolute atomic E-state index is 0.263. The summed E-state index contributed by atoms with van der Waals surface area (Å²) in [7, 11) is 1.53. The number of anilines is 2. The first-order valence-electron chi connectivity index (χ1n) is 6.02. The maximum atomic E-state index is 12.2. The predicted octanol–water partition coefficient (Wildman–Crippen LogP) is 3.49. The first-order valence-corrected chi connectivity index (χ1v) is 6.40. The van der Waals surface area contributed by atoms with E-state index in [-0.39, 0.29) is 5.91 Å². The van der Waals surface area contributed by atoms with Crippen molar-refractivity contribution in [2.75, 3.05) is 18.2 Å². The zero-order valence-corrected chi connectivity index (χ0v) is 12.0. The summed E-state index contributed by atoms with van der Waals surface area (Å²) >= 11 is 6.02. The van der Waals surface area contributed by atoms with Gasteiger partial charge in [-0.05, 0) is 36.8 Å². The molecule has 0 atom stereocenters. The Labute approximate surface area is 122 Å². The van der Waals surface area contributed by atoms with E-state index < -0.39 is 0 Å². The molecule has 0 aromatic heterocycles. The Morgan fingerprint density at radius 3 is 2.75 bits per heavy atom. The lowest BCUT2D eigenvalue weighted by atomic mass is 10.1. The largest absolute Gasteiger partial charge is 0.497 e. The maximum Gasteiger partial charge on any atom is 0.255 e. The third-order valence-corrected chi connectivity index (χ3v) is 3.35. The molecule has 4 nitrogen and oxygen atoms in total. The zero-order valence-electron chi connectivity index (χ0n) is 11.2. The summed E-state index contributed by atoms with van der Waals surface area (Å²) in [6.07, 6.45) is 0. The number of ether oxygens (including phenoxy) is 1. The van der Waals surface area contributed by atoms with Gasteiger partial charge in [0.05, 0.1) is 7.11 Å². The van der Waals surface area contributed by atoms with Crippen molar-refractivity contribution >= 4 is 28.9 Å². The smallest absolute Gasteiger partial charge is 0.255 e. The fourth-order valence-electron chi connectivity index (χ4n) is 1.81. The molecular weight excluding hydrogens is 276 g/mol. The number of methoxy groups -OCH3 is 1. The van der Waals surface area contributed by atoms with E-state index in [2.05, 4.69) is 5.32 Å². The van der Waals surface area contributed by atoms with Gasteiger partial charge >= 0.3 is 0 Å². The molecule has 0 heterocycles. The molecule has 2 aromatic carbocycles. The highest BCUT2D eigenvalue weighted by Crippen LogP contribution is 2.24. The molecule has 2 aromatic rings. The fourth-order valence-corrected chi connectivity index (χ4v) is 1.98. The lowest BCUT2D eigenvalue weighted by Gasteiger charge is -2.11. The number of nitrogens with two attached hydrogens (primary N) is 1. The van der Waals surface area contributed by atoms with Crippen molar-refractivity contribution < 1.29 is 9.53 Å². The van der Waals surface area contributed by atoms with Crippen molar-refractivity contribution in [1.82, 2.24) is 0 Å². The van der Waals surface area contributed by atoms with Crippen LogP contribution in [0.2, 0.25) is 5.02 Å². The van der Waals surface area contributed by atoms with E-state index in [0.717, 1.165) is 5.56 Å². The first-order chi connectivity index (χ1) is 9.51. The Kier molecular flexibility index (Phi) is 4.15. The van der Waals surface area contributed by atoms with Crippen LogP contribution in [0, 0.1) is 6.92 Å². The minimum atomic E-state index is -0.263. The van der Waals surface area contributed by atoms with Gasteiger partial charge in [-0.15, -0.1) is 0 Å². The van der Waals surface area contributed by atoms with Crippen molar-refractivity contribution in [3.8, 4) is 5.75 Å². The predicted molar refractivity (Wildman–Crippen MR) is 81.5 cm³/mol. The van der Waals surface area contributed by atoms with Gasteiger partial charge < -0.3 is 15.8 Å². The van der Waals surface area contributed by atoms with Crippen LogP contribution in [0.3, 0.4) is 0 Å². The van der Waals surface area contributed by atoms with E-state index in [4.69, 9.17) is 22.1 Å². The second-order valence-electron chi connectivity index (χ2n) is 4.36. The monoisotopic (exact) mass is 290 g/mol. The summed E-state index contributed by atoms with van der Waals surface area (Å²) in [6, 6.07) is 10.2. The van der Waals surface area contributed by atoms with Crippen LogP contribution in [-0.2, 0) is 0 Å². The highest BCUT2D eigenvalue weighted by molar-refractivity contribution is 6.31. The molecule has 0 aliphatic rings. The molecule has 3 N–H and O–H groups in total. The third-order valence-electron chi connectivity index (χ3n) is 2.94. The Bertz CT molecular complexity index is 656. The quantitative estimate of drug-likeness (QED) is 0.851. The van der Waals surface area contributed by atoms with Gasteiger partial charge in [0.2, 0.25) is 0 Å². The molecule has 2 rings (SSSR count). The van der Waals surface area contributed by atoms with Gasteiger partial charge in [0, 0.05) is 28.0 Å². The maximum absolute atomic E-state index is 12.2. The number of carbonyl (C=O) groups is 1. The second kappa shape index (κ2) is 5.84. The van der Waals surface area contributed by atoms with Crippen LogP contribution in [-0.4, -0.2) is 13.0 Å². The lowest BCUT2D eigenvalue weighted by Crippen LogP contribution is -2.13. The highest BCUT2D eigenvalue weighted by Gasteiger charge is 2.11. The molecule has 0 radical (unpaired) electrons. The van der Waals surface area contributed by atoms with Crippen molar-refractivity contribution in [2.45, 2.75) is 6.92 Å². The van der Waals surface area contributed by atoms with E-state index in [9.17, 15) is 4.79 Å². The minimum Gasteiger partial charge on any atom is -0.497 e. The van der Waals surface area contributed by atoms with Crippen molar-refractivity contribution in [1.29, 1.82) is 0 Å². The third kappa shape index (κ3) is 3.03. The van der Waals surface area contributed by atoms with Crippen molar-refractivity contribution in [3.63, 3.8) is 0 Å². The molecule has 0 saturated carbocycles. The number of hydrogen-bond donors (Lipinski definition) is 2. The molecule has 0 aliphatic carbocycles. The number of benzene rings is 2. The van der Waals surface area contributed by atoms with Gasteiger partial charge in [-0.1, -0.05) is 17.7 Å². The molecule has 0 saturated heterocycles.